The standard InChI is InChI=1S/C19H28N4O2/c1-21-10-4-6-15(19(21)16-12-20-23(3)14-16)13-22(2)18(24)9-8-17-7-5-11-25-17/h5,7,11-12,14-15,19H,4,6,8-10,13H2,1-3H3/t15-,19+/m0/s1. The summed E-state index contributed by atoms with van der Waals surface area (Å²) in [6, 6.07) is 4.10. The molecule has 6 nitrogen and oxygen atoms in total. The van der Waals surface area contributed by atoms with E-state index in [-0.39, 0.29) is 5.91 Å². The van der Waals surface area contributed by atoms with Crippen LogP contribution < -0.4 is 0 Å². The van der Waals surface area contributed by atoms with Crippen LogP contribution in [-0.4, -0.2) is 52.7 Å². The second kappa shape index (κ2) is 7.87. The highest BCUT2D eigenvalue weighted by Crippen LogP contribution is 2.35. The van der Waals surface area contributed by atoms with Gasteiger partial charge in [0.15, 0.2) is 0 Å². The Hall–Kier alpha value is -2.08. The number of nitrogens with zero attached hydrogens (tertiary/aromatic N) is 4. The molecule has 3 heterocycles. The molecule has 1 amide bonds. The van der Waals surface area contributed by atoms with Crippen molar-refractivity contribution in [2.75, 3.05) is 27.2 Å². The number of hydrogen-bond donors (Lipinski definition) is 0. The lowest BCUT2D eigenvalue weighted by Gasteiger charge is -2.40. The molecular weight excluding hydrogens is 316 g/mol. The van der Waals surface area contributed by atoms with Crippen LogP contribution in [0.1, 0.15) is 36.6 Å². The van der Waals surface area contributed by atoms with Crippen LogP contribution >= 0.6 is 0 Å². The minimum Gasteiger partial charge on any atom is -0.469 e. The van der Waals surface area contributed by atoms with Crippen LogP contribution in [0.3, 0.4) is 0 Å². The Morgan fingerprint density at radius 1 is 1.44 bits per heavy atom. The number of rotatable bonds is 6. The van der Waals surface area contributed by atoms with Crippen LogP contribution in [0.15, 0.2) is 35.2 Å². The highest BCUT2D eigenvalue weighted by Gasteiger charge is 2.32. The maximum atomic E-state index is 12.5. The van der Waals surface area contributed by atoms with Crippen molar-refractivity contribution in [2.45, 2.75) is 31.7 Å². The Morgan fingerprint density at radius 3 is 2.96 bits per heavy atom. The van der Waals surface area contributed by atoms with E-state index in [9.17, 15) is 4.79 Å². The third-order valence-corrected chi connectivity index (χ3v) is 5.17. The van der Waals surface area contributed by atoms with E-state index in [0.717, 1.165) is 25.3 Å². The van der Waals surface area contributed by atoms with Gasteiger partial charge in [0, 0.05) is 51.3 Å². The SMILES string of the molecule is CN(C[C@@H]1CCCN(C)[C@H]1c1cnn(C)c1)C(=O)CCc1ccco1. The van der Waals surface area contributed by atoms with E-state index in [1.807, 2.05) is 42.0 Å². The second-order valence-electron chi connectivity index (χ2n) is 7.13. The predicted molar refractivity (Wildman–Crippen MR) is 96.0 cm³/mol. The molecule has 1 aliphatic heterocycles. The van der Waals surface area contributed by atoms with Gasteiger partial charge in [-0.2, -0.15) is 5.10 Å². The molecule has 0 unspecified atom stereocenters. The summed E-state index contributed by atoms with van der Waals surface area (Å²) in [6.07, 6.45) is 9.17. The quantitative estimate of drug-likeness (QED) is 0.808. The molecular formula is C19H28N4O2. The molecule has 1 aliphatic rings. The average Bonchev–Trinajstić information content (AvgIpc) is 3.24. The molecule has 25 heavy (non-hydrogen) atoms. The number of aryl methyl sites for hydroxylation is 2. The zero-order chi connectivity index (χ0) is 17.8. The topological polar surface area (TPSA) is 54.5 Å². The summed E-state index contributed by atoms with van der Waals surface area (Å²) in [5, 5.41) is 4.33. The van der Waals surface area contributed by atoms with Crippen molar-refractivity contribution in [1.82, 2.24) is 19.6 Å². The average molecular weight is 344 g/mol. The van der Waals surface area contributed by atoms with Gasteiger partial charge in [0.25, 0.3) is 0 Å². The maximum absolute atomic E-state index is 12.5. The number of likely N-dealkylation sites (tertiary alicyclic amines) is 1. The summed E-state index contributed by atoms with van der Waals surface area (Å²) in [6.45, 7) is 1.87. The molecule has 0 spiro atoms. The number of piperidine rings is 1. The summed E-state index contributed by atoms with van der Waals surface area (Å²) >= 11 is 0. The Labute approximate surface area is 149 Å². The highest BCUT2D eigenvalue weighted by molar-refractivity contribution is 5.76. The Bertz CT molecular complexity index is 679. The monoisotopic (exact) mass is 344 g/mol. The van der Waals surface area contributed by atoms with E-state index < -0.39 is 0 Å². The summed E-state index contributed by atoms with van der Waals surface area (Å²) in [5.41, 5.74) is 1.24. The fourth-order valence-corrected chi connectivity index (χ4v) is 3.90. The molecule has 0 saturated carbocycles. The van der Waals surface area contributed by atoms with Crippen molar-refractivity contribution in [3.8, 4) is 0 Å². The van der Waals surface area contributed by atoms with Gasteiger partial charge in [-0.15, -0.1) is 0 Å². The molecule has 0 aromatic carbocycles. The first-order chi connectivity index (χ1) is 12.0. The molecule has 136 valence electrons. The van der Waals surface area contributed by atoms with Gasteiger partial charge in [0.2, 0.25) is 5.91 Å². The number of hydrogen-bond acceptors (Lipinski definition) is 4. The molecule has 3 rings (SSSR count). The predicted octanol–water partition coefficient (Wildman–Crippen LogP) is 2.49. The van der Waals surface area contributed by atoms with Crippen molar-refractivity contribution in [1.29, 1.82) is 0 Å². The molecule has 6 heteroatoms. The minimum absolute atomic E-state index is 0.176. The first kappa shape index (κ1) is 17.7. The van der Waals surface area contributed by atoms with Gasteiger partial charge in [-0.1, -0.05) is 0 Å². The second-order valence-corrected chi connectivity index (χ2v) is 7.13. The normalized spacial score (nSPS) is 21.4. The fourth-order valence-electron chi connectivity index (χ4n) is 3.90. The lowest BCUT2D eigenvalue weighted by Crippen LogP contribution is -2.42. The van der Waals surface area contributed by atoms with Crippen LogP contribution in [0.2, 0.25) is 0 Å². The Kier molecular flexibility index (Phi) is 5.58. The van der Waals surface area contributed by atoms with Gasteiger partial charge in [0.05, 0.1) is 12.5 Å². The van der Waals surface area contributed by atoms with Crippen molar-refractivity contribution in [3.05, 3.63) is 42.1 Å². The minimum atomic E-state index is 0.176. The van der Waals surface area contributed by atoms with E-state index in [4.69, 9.17) is 4.42 Å². The van der Waals surface area contributed by atoms with E-state index in [1.165, 1.54) is 12.0 Å². The third kappa shape index (κ3) is 4.31. The smallest absolute Gasteiger partial charge is 0.222 e. The molecule has 0 bridgehead atoms. The number of amides is 1. The van der Waals surface area contributed by atoms with Crippen LogP contribution in [0, 0.1) is 5.92 Å². The van der Waals surface area contributed by atoms with Crippen molar-refractivity contribution >= 4 is 5.91 Å². The Morgan fingerprint density at radius 2 is 2.28 bits per heavy atom. The molecule has 1 saturated heterocycles. The summed E-state index contributed by atoms with van der Waals surface area (Å²) in [4.78, 5) is 16.8. The molecule has 1 fully saturated rings. The van der Waals surface area contributed by atoms with E-state index in [0.29, 0.717) is 24.8 Å². The molecule has 2 atom stereocenters. The zero-order valence-corrected chi connectivity index (χ0v) is 15.4. The molecule has 2 aromatic rings. The van der Waals surface area contributed by atoms with Crippen molar-refractivity contribution in [2.24, 2.45) is 13.0 Å². The van der Waals surface area contributed by atoms with Crippen molar-refractivity contribution in [3.63, 3.8) is 0 Å². The lowest BCUT2D eigenvalue weighted by molar-refractivity contribution is -0.131. The largest absolute Gasteiger partial charge is 0.469 e. The van der Waals surface area contributed by atoms with Gasteiger partial charge in [-0.05, 0) is 44.5 Å². The molecule has 0 radical (unpaired) electrons. The lowest BCUT2D eigenvalue weighted by atomic mass is 9.85. The number of carbonyl (C=O) groups excluding carboxylic acids is 1. The van der Waals surface area contributed by atoms with Crippen LogP contribution in [0.5, 0.6) is 0 Å². The molecule has 0 N–H and O–H groups in total. The van der Waals surface area contributed by atoms with Gasteiger partial charge in [0.1, 0.15) is 5.76 Å². The molecule has 0 aliphatic carbocycles. The highest BCUT2D eigenvalue weighted by atomic mass is 16.3. The van der Waals surface area contributed by atoms with Gasteiger partial charge >= 0.3 is 0 Å². The number of furan rings is 1. The summed E-state index contributed by atoms with van der Waals surface area (Å²) in [5.74, 6) is 1.47. The number of carbonyl (C=O) groups is 1. The summed E-state index contributed by atoms with van der Waals surface area (Å²) < 4.78 is 7.17. The Balaban J connectivity index is 1.61. The first-order valence-corrected chi connectivity index (χ1v) is 8.99. The van der Waals surface area contributed by atoms with E-state index in [2.05, 4.69) is 23.2 Å². The van der Waals surface area contributed by atoms with Gasteiger partial charge in [-0.3, -0.25) is 14.4 Å². The fraction of sp³-hybridized carbons (Fsp3) is 0.579. The van der Waals surface area contributed by atoms with E-state index >= 15 is 0 Å². The summed E-state index contributed by atoms with van der Waals surface area (Å²) in [7, 11) is 6.04. The van der Waals surface area contributed by atoms with E-state index in [1.54, 1.807) is 6.26 Å². The van der Waals surface area contributed by atoms with Crippen LogP contribution in [0.25, 0.3) is 0 Å². The van der Waals surface area contributed by atoms with Crippen molar-refractivity contribution < 1.29 is 9.21 Å². The van der Waals surface area contributed by atoms with Crippen LogP contribution in [-0.2, 0) is 18.3 Å². The van der Waals surface area contributed by atoms with Gasteiger partial charge in [-0.25, -0.2) is 0 Å². The van der Waals surface area contributed by atoms with Gasteiger partial charge < -0.3 is 9.32 Å². The maximum Gasteiger partial charge on any atom is 0.222 e. The first-order valence-electron chi connectivity index (χ1n) is 8.99. The third-order valence-electron chi connectivity index (χ3n) is 5.17. The zero-order valence-electron chi connectivity index (χ0n) is 15.4. The molecule has 2 aromatic heterocycles. The number of aromatic nitrogens is 2. The van der Waals surface area contributed by atoms with Crippen LogP contribution in [0.4, 0.5) is 0 Å².